The lowest BCUT2D eigenvalue weighted by molar-refractivity contribution is -0.157. The molecule has 0 radical (unpaired) electrons. The minimum atomic E-state index is -0.981. The molecule has 0 saturated carbocycles. The smallest absolute Gasteiger partial charge is 0.312 e. The Bertz CT molecular complexity index is 948. The molecule has 2 heterocycles. The molecule has 2 atom stereocenters. The van der Waals surface area contributed by atoms with E-state index >= 15 is 0 Å². The van der Waals surface area contributed by atoms with Crippen molar-refractivity contribution in [2.45, 2.75) is 40.2 Å². The number of rotatable bonds is 5. The average Bonchev–Trinajstić information content (AvgIpc) is 3.17. The fourth-order valence-electron chi connectivity index (χ4n) is 3.34. The van der Waals surface area contributed by atoms with Crippen molar-refractivity contribution in [2.24, 2.45) is 13.0 Å². The Hall–Kier alpha value is -3.16. The number of ether oxygens (including phenoxy) is 1. The third-order valence-electron chi connectivity index (χ3n) is 5.22. The molecule has 1 aliphatic heterocycles. The molecule has 1 N–H and O–H groups in total. The van der Waals surface area contributed by atoms with Crippen molar-refractivity contribution in [3.8, 4) is 0 Å². The summed E-state index contributed by atoms with van der Waals surface area (Å²) in [5.74, 6) is -1.71. The fourth-order valence-corrected chi connectivity index (χ4v) is 3.34. The molecule has 1 aliphatic rings. The minimum Gasteiger partial charge on any atom is -0.452 e. The Morgan fingerprint density at radius 1 is 1.21 bits per heavy atom. The summed E-state index contributed by atoms with van der Waals surface area (Å²) in [6.45, 7) is 7.37. The zero-order valence-corrected chi connectivity index (χ0v) is 17.4. The third kappa shape index (κ3) is 4.31. The second kappa shape index (κ2) is 8.06. The maximum absolute atomic E-state index is 12.5. The molecule has 3 rings (SSSR count). The number of nitrogens with one attached hydrogen (secondary N) is 1. The molecular weight excluding hydrogens is 372 g/mol. The first-order chi connectivity index (χ1) is 13.7. The van der Waals surface area contributed by atoms with E-state index in [1.807, 2.05) is 38.1 Å². The van der Waals surface area contributed by atoms with Gasteiger partial charge in [0.25, 0.3) is 5.91 Å². The van der Waals surface area contributed by atoms with Gasteiger partial charge in [-0.3, -0.25) is 19.1 Å². The summed E-state index contributed by atoms with van der Waals surface area (Å²) in [6.07, 6.45) is -0.910. The van der Waals surface area contributed by atoms with Crippen molar-refractivity contribution < 1.29 is 19.1 Å². The number of nitrogens with zero attached hydrogens (tertiary/aromatic N) is 3. The van der Waals surface area contributed by atoms with Crippen LogP contribution in [0.25, 0.3) is 0 Å². The summed E-state index contributed by atoms with van der Waals surface area (Å²) in [4.78, 5) is 38.9. The Morgan fingerprint density at radius 3 is 2.45 bits per heavy atom. The van der Waals surface area contributed by atoms with Gasteiger partial charge in [0.05, 0.1) is 23.0 Å². The van der Waals surface area contributed by atoms with Crippen molar-refractivity contribution in [1.29, 1.82) is 0 Å². The van der Waals surface area contributed by atoms with Gasteiger partial charge in [-0.1, -0.05) is 17.7 Å². The molecular formula is C21H26N4O4. The maximum atomic E-state index is 12.5. The van der Waals surface area contributed by atoms with Crippen LogP contribution in [0, 0.1) is 26.7 Å². The lowest BCUT2D eigenvalue weighted by atomic mass is 10.1. The van der Waals surface area contributed by atoms with Gasteiger partial charge < -0.3 is 15.0 Å². The molecule has 0 aliphatic carbocycles. The van der Waals surface area contributed by atoms with E-state index in [1.165, 1.54) is 6.92 Å². The topological polar surface area (TPSA) is 93.5 Å². The molecule has 2 aromatic rings. The molecule has 0 bridgehead atoms. The molecule has 8 heteroatoms. The van der Waals surface area contributed by atoms with E-state index in [2.05, 4.69) is 10.4 Å². The fraction of sp³-hybridized carbons (Fsp3) is 0.429. The highest BCUT2D eigenvalue weighted by Crippen LogP contribution is 2.26. The highest BCUT2D eigenvalue weighted by atomic mass is 16.5. The number of benzene rings is 1. The van der Waals surface area contributed by atoms with Crippen LogP contribution in [0.15, 0.2) is 24.3 Å². The quantitative estimate of drug-likeness (QED) is 0.780. The molecule has 0 spiro atoms. The van der Waals surface area contributed by atoms with Gasteiger partial charge in [-0.05, 0) is 39.8 Å². The number of carbonyl (C=O) groups excluding carboxylic acids is 3. The van der Waals surface area contributed by atoms with Crippen LogP contribution in [-0.2, 0) is 26.2 Å². The monoisotopic (exact) mass is 398 g/mol. The van der Waals surface area contributed by atoms with E-state index < -0.39 is 23.9 Å². The zero-order chi connectivity index (χ0) is 21.3. The maximum Gasteiger partial charge on any atom is 0.312 e. The van der Waals surface area contributed by atoms with Gasteiger partial charge in [0, 0.05) is 25.7 Å². The summed E-state index contributed by atoms with van der Waals surface area (Å²) in [7, 11) is 1.79. The Morgan fingerprint density at radius 2 is 1.86 bits per heavy atom. The number of hydrogen-bond acceptors (Lipinski definition) is 5. The highest BCUT2D eigenvalue weighted by molar-refractivity contribution is 6.00. The Labute approximate surface area is 169 Å². The zero-order valence-electron chi connectivity index (χ0n) is 17.4. The number of hydrogen-bond donors (Lipinski definition) is 1. The number of carbonyl (C=O) groups is 3. The average molecular weight is 398 g/mol. The van der Waals surface area contributed by atoms with Gasteiger partial charge in [-0.2, -0.15) is 5.10 Å². The predicted molar refractivity (Wildman–Crippen MR) is 109 cm³/mol. The molecule has 1 fully saturated rings. The van der Waals surface area contributed by atoms with Crippen molar-refractivity contribution in [3.05, 3.63) is 41.2 Å². The lowest BCUT2D eigenvalue weighted by Gasteiger charge is -2.18. The molecule has 1 saturated heterocycles. The number of esters is 1. The van der Waals surface area contributed by atoms with E-state index in [0.29, 0.717) is 11.4 Å². The van der Waals surface area contributed by atoms with Crippen molar-refractivity contribution in [2.75, 3.05) is 16.8 Å². The number of anilines is 2. The number of amides is 2. The molecule has 0 unspecified atom stereocenters. The standard InChI is InChI=1S/C21H26N4O4/c1-12-6-8-17(9-7-12)25-11-16(10-18(25)26)21(28)29-15(4)20(27)22-19-13(2)23-24(5)14(19)3/h6-9,15-16H,10-11H2,1-5H3,(H,22,27)/t15-,16+/m0/s1. The van der Waals surface area contributed by atoms with Crippen LogP contribution in [0.5, 0.6) is 0 Å². The van der Waals surface area contributed by atoms with Crippen LogP contribution in [0.2, 0.25) is 0 Å². The van der Waals surface area contributed by atoms with E-state index in [9.17, 15) is 14.4 Å². The van der Waals surface area contributed by atoms with Crippen LogP contribution in [-0.4, -0.2) is 40.2 Å². The molecule has 154 valence electrons. The minimum absolute atomic E-state index is 0.0713. The van der Waals surface area contributed by atoms with Gasteiger partial charge in [0.2, 0.25) is 5.91 Å². The van der Waals surface area contributed by atoms with Crippen LogP contribution in [0.4, 0.5) is 11.4 Å². The number of aryl methyl sites for hydroxylation is 3. The van der Waals surface area contributed by atoms with Gasteiger partial charge in [0.1, 0.15) is 0 Å². The van der Waals surface area contributed by atoms with Gasteiger partial charge in [0.15, 0.2) is 6.10 Å². The summed E-state index contributed by atoms with van der Waals surface area (Å²) in [5, 5.41) is 7.02. The normalized spacial score (nSPS) is 17.3. The Balaban J connectivity index is 1.60. The lowest BCUT2D eigenvalue weighted by Crippen LogP contribution is -2.33. The largest absolute Gasteiger partial charge is 0.452 e. The molecule has 1 aromatic heterocycles. The van der Waals surface area contributed by atoms with E-state index in [0.717, 1.165) is 16.9 Å². The molecule has 29 heavy (non-hydrogen) atoms. The predicted octanol–water partition coefficient (Wildman–Crippen LogP) is 2.27. The second-order valence-corrected chi connectivity index (χ2v) is 7.48. The van der Waals surface area contributed by atoms with E-state index in [1.54, 1.807) is 23.6 Å². The van der Waals surface area contributed by atoms with Gasteiger partial charge >= 0.3 is 5.97 Å². The van der Waals surface area contributed by atoms with Gasteiger partial charge in [-0.25, -0.2) is 0 Å². The van der Waals surface area contributed by atoms with Crippen LogP contribution in [0.3, 0.4) is 0 Å². The van der Waals surface area contributed by atoms with Crippen LogP contribution >= 0.6 is 0 Å². The summed E-state index contributed by atoms with van der Waals surface area (Å²) >= 11 is 0. The first kappa shape index (κ1) is 20.6. The Kier molecular flexibility index (Phi) is 5.72. The second-order valence-electron chi connectivity index (χ2n) is 7.48. The van der Waals surface area contributed by atoms with Crippen molar-refractivity contribution >= 4 is 29.2 Å². The van der Waals surface area contributed by atoms with Gasteiger partial charge in [-0.15, -0.1) is 0 Å². The molecule has 8 nitrogen and oxygen atoms in total. The molecule has 2 amide bonds. The number of aromatic nitrogens is 2. The SMILES string of the molecule is Cc1ccc(N2C[C@H](C(=O)O[C@@H](C)C(=O)Nc3c(C)nn(C)c3C)CC2=O)cc1. The summed E-state index contributed by atoms with van der Waals surface area (Å²) in [6, 6.07) is 7.55. The molecule has 1 aromatic carbocycles. The first-order valence-electron chi connectivity index (χ1n) is 9.56. The van der Waals surface area contributed by atoms with E-state index in [-0.39, 0.29) is 18.9 Å². The third-order valence-corrected chi connectivity index (χ3v) is 5.22. The summed E-state index contributed by atoms with van der Waals surface area (Å²) < 4.78 is 7.02. The first-order valence-corrected chi connectivity index (χ1v) is 9.56. The van der Waals surface area contributed by atoms with Crippen LogP contribution < -0.4 is 10.2 Å². The van der Waals surface area contributed by atoms with Crippen molar-refractivity contribution in [3.63, 3.8) is 0 Å². The van der Waals surface area contributed by atoms with Crippen molar-refractivity contribution in [1.82, 2.24) is 9.78 Å². The highest BCUT2D eigenvalue weighted by Gasteiger charge is 2.37. The van der Waals surface area contributed by atoms with Crippen LogP contribution in [0.1, 0.15) is 30.3 Å². The van der Waals surface area contributed by atoms with E-state index in [4.69, 9.17) is 4.74 Å². The summed E-state index contributed by atoms with van der Waals surface area (Å²) in [5.41, 5.74) is 3.96.